The summed E-state index contributed by atoms with van der Waals surface area (Å²) < 4.78 is 4.86. The maximum atomic E-state index is 11.9. The van der Waals surface area contributed by atoms with E-state index in [-0.39, 0.29) is 24.5 Å². The summed E-state index contributed by atoms with van der Waals surface area (Å²) in [4.78, 5) is 23.5. The molecule has 1 aromatic rings. The molecule has 1 fully saturated rings. The summed E-state index contributed by atoms with van der Waals surface area (Å²) in [5.74, 6) is -0.263. The van der Waals surface area contributed by atoms with E-state index in [2.05, 4.69) is 11.9 Å². The Bertz CT molecular complexity index is 535. The summed E-state index contributed by atoms with van der Waals surface area (Å²) in [5, 5.41) is 11.8. The molecule has 1 aromatic carbocycles. The Morgan fingerprint density at radius 1 is 1.47 bits per heavy atom. The normalized spacial score (nSPS) is 22.2. The van der Waals surface area contributed by atoms with Crippen LogP contribution in [0.3, 0.4) is 0 Å². The second-order valence-electron chi connectivity index (χ2n) is 4.83. The standard InChI is InChI=1S/C14H15NO4/c1-9-8-14(2,13(18)19-9)15-12(17)7-10-3-5-11(16)6-4-10/h3-6,16H,1,7-8H2,2H3,(H,15,17)/t14-/m0/s1. The monoisotopic (exact) mass is 261 g/mol. The number of rotatable bonds is 3. The topological polar surface area (TPSA) is 75.6 Å². The molecular weight excluding hydrogens is 246 g/mol. The SMILES string of the molecule is C=C1C[C@](C)(NC(=O)Cc2ccc(O)cc2)C(=O)O1. The molecule has 0 bridgehead atoms. The highest BCUT2D eigenvalue weighted by atomic mass is 16.5. The van der Waals surface area contributed by atoms with Gasteiger partial charge in [0.1, 0.15) is 17.0 Å². The molecule has 1 atom stereocenters. The van der Waals surface area contributed by atoms with Gasteiger partial charge in [-0.25, -0.2) is 4.79 Å². The van der Waals surface area contributed by atoms with E-state index in [4.69, 9.17) is 9.84 Å². The summed E-state index contributed by atoms with van der Waals surface area (Å²) in [6.45, 7) is 5.19. The molecule has 0 spiro atoms. The smallest absolute Gasteiger partial charge is 0.337 e. The van der Waals surface area contributed by atoms with E-state index in [0.29, 0.717) is 5.76 Å². The van der Waals surface area contributed by atoms with Crippen molar-refractivity contribution in [2.24, 2.45) is 0 Å². The van der Waals surface area contributed by atoms with Gasteiger partial charge >= 0.3 is 5.97 Å². The minimum absolute atomic E-state index is 0.135. The molecule has 5 heteroatoms. The van der Waals surface area contributed by atoms with Crippen molar-refractivity contribution in [2.45, 2.75) is 25.3 Å². The van der Waals surface area contributed by atoms with Crippen molar-refractivity contribution < 1.29 is 19.4 Å². The first-order chi connectivity index (χ1) is 8.89. The highest BCUT2D eigenvalue weighted by Crippen LogP contribution is 2.26. The molecule has 19 heavy (non-hydrogen) atoms. The van der Waals surface area contributed by atoms with Crippen molar-refractivity contribution in [3.8, 4) is 5.75 Å². The zero-order valence-electron chi connectivity index (χ0n) is 10.6. The van der Waals surface area contributed by atoms with Crippen molar-refractivity contribution >= 4 is 11.9 Å². The Morgan fingerprint density at radius 2 is 2.11 bits per heavy atom. The second-order valence-corrected chi connectivity index (χ2v) is 4.83. The van der Waals surface area contributed by atoms with Crippen LogP contribution in [0.2, 0.25) is 0 Å². The van der Waals surface area contributed by atoms with Crippen molar-refractivity contribution in [3.05, 3.63) is 42.2 Å². The minimum atomic E-state index is -1.04. The van der Waals surface area contributed by atoms with Crippen LogP contribution < -0.4 is 5.32 Å². The maximum absolute atomic E-state index is 11.9. The van der Waals surface area contributed by atoms with Gasteiger partial charge < -0.3 is 15.2 Å². The van der Waals surface area contributed by atoms with Crippen LogP contribution >= 0.6 is 0 Å². The number of benzene rings is 1. The molecule has 1 aliphatic rings. The van der Waals surface area contributed by atoms with Crippen LogP contribution in [0.15, 0.2) is 36.6 Å². The number of cyclic esters (lactones) is 1. The Morgan fingerprint density at radius 3 is 2.63 bits per heavy atom. The number of amides is 1. The molecule has 0 unspecified atom stereocenters. The van der Waals surface area contributed by atoms with Crippen LogP contribution in [0, 0.1) is 0 Å². The zero-order chi connectivity index (χ0) is 14.0. The number of hydrogen-bond donors (Lipinski definition) is 2. The van der Waals surface area contributed by atoms with Crippen molar-refractivity contribution in [3.63, 3.8) is 0 Å². The molecule has 0 radical (unpaired) electrons. The summed E-state index contributed by atoms with van der Waals surface area (Å²) >= 11 is 0. The molecule has 1 aliphatic heterocycles. The fraction of sp³-hybridized carbons (Fsp3) is 0.286. The summed E-state index contributed by atoms with van der Waals surface area (Å²) in [6.07, 6.45) is 0.419. The predicted octanol–water partition coefficient (Wildman–Crippen LogP) is 1.27. The molecule has 0 aromatic heterocycles. The number of nitrogens with one attached hydrogen (secondary N) is 1. The highest BCUT2D eigenvalue weighted by Gasteiger charge is 2.43. The maximum Gasteiger partial charge on any atom is 0.337 e. The average Bonchev–Trinajstić information content (AvgIpc) is 2.55. The third kappa shape index (κ3) is 2.93. The Hall–Kier alpha value is -2.30. The molecule has 1 heterocycles. The number of carbonyl (C=O) groups excluding carboxylic acids is 2. The van der Waals surface area contributed by atoms with E-state index < -0.39 is 11.5 Å². The van der Waals surface area contributed by atoms with Crippen LogP contribution in [0.1, 0.15) is 18.9 Å². The molecule has 1 amide bonds. The largest absolute Gasteiger partial charge is 0.508 e. The first-order valence-electron chi connectivity index (χ1n) is 5.88. The van der Waals surface area contributed by atoms with Gasteiger partial charge in [-0.1, -0.05) is 18.7 Å². The fourth-order valence-corrected chi connectivity index (χ4v) is 1.99. The molecule has 0 saturated carbocycles. The number of phenols is 1. The lowest BCUT2D eigenvalue weighted by Gasteiger charge is -2.20. The van der Waals surface area contributed by atoms with Gasteiger partial charge in [-0.15, -0.1) is 0 Å². The first-order valence-corrected chi connectivity index (χ1v) is 5.88. The van der Waals surface area contributed by atoms with Crippen molar-refractivity contribution in [1.29, 1.82) is 0 Å². The van der Waals surface area contributed by atoms with Gasteiger partial charge in [0, 0.05) is 6.42 Å². The third-order valence-electron chi connectivity index (χ3n) is 2.95. The number of esters is 1. The molecule has 2 N–H and O–H groups in total. The summed E-state index contributed by atoms with van der Waals surface area (Å²) in [7, 11) is 0. The second kappa shape index (κ2) is 4.76. The van der Waals surface area contributed by atoms with Crippen LogP contribution in [-0.2, 0) is 20.7 Å². The quantitative estimate of drug-likeness (QED) is 0.803. The van der Waals surface area contributed by atoms with Gasteiger partial charge in [0.25, 0.3) is 0 Å². The van der Waals surface area contributed by atoms with Crippen LogP contribution in [0.25, 0.3) is 0 Å². The van der Waals surface area contributed by atoms with Gasteiger partial charge in [0.2, 0.25) is 5.91 Å². The number of ether oxygens (including phenoxy) is 1. The molecule has 5 nitrogen and oxygen atoms in total. The van der Waals surface area contributed by atoms with E-state index in [1.165, 1.54) is 12.1 Å². The molecule has 2 rings (SSSR count). The molecule has 0 aliphatic carbocycles. The Labute approximate surface area is 110 Å². The van der Waals surface area contributed by atoms with Gasteiger partial charge in [0.05, 0.1) is 6.42 Å². The van der Waals surface area contributed by atoms with Gasteiger partial charge in [-0.05, 0) is 24.6 Å². The fourth-order valence-electron chi connectivity index (χ4n) is 1.99. The Kier molecular flexibility index (Phi) is 3.29. The molecule has 100 valence electrons. The summed E-state index contributed by atoms with van der Waals surface area (Å²) in [6, 6.07) is 6.33. The number of hydrogen-bond acceptors (Lipinski definition) is 4. The van der Waals surface area contributed by atoms with Crippen LogP contribution in [-0.4, -0.2) is 22.5 Å². The Balaban J connectivity index is 2.00. The van der Waals surface area contributed by atoms with Crippen LogP contribution in [0.5, 0.6) is 5.75 Å². The number of phenolic OH excluding ortho intramolecular Hbond substituents is 1. The average molecular weight is 261 g/mol. The van der Waals surface area contributed by atoms with Crippen LogP contribution in [0.4, 0.5) is 0 Å². The lowest BCUT2D eigenvalue weighted by molar-refractivity contribution is -0.143. The van der Waals surface area contributed by atoms with Gasteiger partial charge in [0.15, 0.2) is 0 Å². The van der Waals surface area contributed by atoms with E-state index in [1.54, 1.807) is 19.1 Å². The lowest BCUT2D eigenvalue weighted by Crippen LogP contribution is -2.49. The van der Waals surface area contributed by atoms with Gasteiger partial charge in [-0.2, -0.15) is 0 Å². The zero-order valence-corrected chi connectivity index (χ0v) is 10.6. The van der Waals surface area contributed by atoms with E-state index in [9.17, 15) is 9.59 Å². The summed E-state index contributed by atoms with van der Waals surface area (Å²) in [5.41, 5.74) is -0.283. The van der Waals surface area contributed by atoms with Crippen molar-refractivity contribution in [2.75, 3.05) is 0 Å². The molecular formula is C14H15NO4. The van der Waals surface area contributed by atoms with Gasteiger partial charge in [-0.3, -0.25) is 4.79 Å². The van der Waals surface area contributed by atoms with E-state index in [0.717, 1.165) is 5.56 Å². The van der Waals surface area contributed by atoms with E-state index >= 15 is 0 Å². The third-order valence-corrected chi connectivity index (χ3v) is 2.95. The molecule has 1 saturated heterocycles. The lowest BCUT2D eigenvalue weighted by atomic mass is 9.99. The number of carbonyl (C=O) groups is 2. The first kappa shape index (κ1) is 13.1. The minimum Gasteiger partial charge on any atom is -0.508 e. The van der Waals surface area contributed by atoms with E-state index in [1.807, 2.05) is 0 Å². The highest BCUT2D eigenvalue weighted by molar-refractivity contribution is 5.90. The number of aromatic hydroxyl groups is 1. The van der Waals surface area contributed by atoms with Crippen molar-refractivity contribution in [1.82, 2.24) is 5.32 Å². The predicted molar refractivity (Wildman–Crippen MR) is 68.2 cm³/mol.